The van der Waals surface area contributed by atoms with Gasteiger partial charge in [0.25, 0.3) is 0 Å². The Bertz CT molecular complexity index is 851. The van der Waals surface area contributed by atoms with Gasteiger partial charge in [-0.25, -0.2) is 4.98 Å². The highest BCUT2D eigenvalue weighted by molar-refractivity contribution is 9.10. The van der Waals surface area contributed by atoms with E-state index in [1.165, 1.54) is 22.4 Å². The third kappa shape index (κ3) is 1.54. The number of nitrogens with zero attached hydrogens (tertiary/aromatic N) is 2. The zero-order chi connectivity index (χ0) is 13.9. The van der Waals surface area contributed by atoms with Gasteiger partial charge in [-0.15, -0.1) is 0 Å². The number of rotatable bonds is 1. The van der Waals surface area contributed by atoms with Gasteiger partial charge < -0.3 is 9.14 Å². The van der Waals surface area contributed by atoms with E-state index in [4.69, 9.17) is 9.72 Å². The Labute approximate surface area is 125 Å². The first-order chi connectivity index (χ1) is 9.67. The Morgan fingerprint density at radius 2 is 2.15 bits per heavy atom. The topological polar surface area (TPSA) is 26.5 Å². The fourth-order valence-corrected chi connectivity index (χ4v) is 3.15. The molecule has 0 saturated carbocycles. The lowest BCUT2D eigenvalue weighted by atomic mass is 10.1. The molecule has 3 aromatic rings. The summed E-state index contributed by atoms with van der Waals surface area (Å²) in [4.78, 5) is 4.80. The number of ether oxygens (including phenoxy) is 1. The van der Waals surface area contributed by atoms with E-state index in [2.05, 4.69) is 51.7 Å². The van der Waals surface area contributed by atoms with E-state index in [0.29, 0.717) is 0 Å². The van der Waals surface area contributed by atoms with Crippen LogP contribution in [-0.2, 0) is 6.42 Å². The van der Waals surface area contributed by atoms with Crippen LogP contribution in [0.2, 0.25) is 0 Å². The quantitative estimate of drug-likeness (QED) is 0.528. The van der Waals surface area contributed by atoms with Crippen molar-refractivity contribution in [3.05, 3.63) is 51.8 Å². The molecule has 0 spiro atoms. The smallest absolute Gasteiger partial charge is 0.138 e. The number of hydrogen-bond acceptors (Lipinski definition) is 2. The van der Waals surface area contributed by atoms with E-state index in [1.54, 1.807) is 7.11 Å². The van der Waals surface area contributed by atoms with Gasteiger partial charge in [0.05, 0.1) is 18.5 Å². The summed E-state index contributed by atoms with van der Waals surface area (Å²) in [6.45, 7) is 2.08. The van der Waals surface area contributed by atoms with Gasteiger partial charge in [0, 0.05) is 22.7 Å². The normalized spacial score (nSPS) is 12.6. The van der Waals surface area contributed by atoms with Crippen LogP contribution in [0.4, 0.5) is 0 Å². The van der Waals surface area contributed by atoms with E-state index in [9.17, 15) is 0 Å². The zero-order valence-electron chi connectivity index (χ0n) is 11.3. The molecular weight excluding hydrogens is 316 g/mol. The highest BCUT2D eigenvalue weighted by atomic mass is 79.9. The molecule has 1 aromatic carbocycles. The van der Waals surface area contributed by atoms with Crippen molar-refractivity contribution in [3.63, 3.8) is 0 Å². The van der Waals surface area contributed by atoms with Gasteiger partial charge in [0.15, 0.2) is 0 Å². The molecule has 2 aromatic heterocycles. The molecule has 100 valence electrons. The highest BCUT2D eigenvalue weighted by Gasteiger charge is 2.24. The molecule has 0 atom stereocenters. The molecule has 0 unspecified atom stereocenters. The van der Waals surface area contributed by atoms with Crippen molar-refractivity contribution < 1.29 is 4.74 Å². The van der Waals surface area contributed by atoms with Crippen LogP contribution in [0.5, 0.6) is 5.75 Å². The fraction of sp³-hybridized carbons (Fsp3) is 0.188. The first-order valence-corrected chi connectivity index (χ1v) is 7.31. The molecule has 0 saturated heterocycles. The van der Waals surface area contributed by atoms with Crippen LogP contribution in [0, 0.1) is 6.92 Å². The minimum Gasteiger partial charge on any atom is -0.497 e. The first-order valence-electron chi connectivity index (χ1n) is 6.52. The largest absolute Gasteiger partial charge is 0.497 e. The highest BCUT2D eigenvalue weighted by Crippen LogP contribution is 2.39. The second-order valence-electron chi connectivity index (χ2n) is 5.14. The van der Waals surface area contributed by atoms with Crippen LogP contribution in [0.3, 0.4) is 0 Å². The molecule has 4 rings (SSSR count). The summed E-state index contributed by atoms with van der Waals surface area (Å²) in [5.74, 6) is 0.881. The first kappa shape index (κ1) is 12.0. The Morgan fingerprint density at radius 3 is 2.95 bits per heavy atom. The van der Waals surface area contributed by atoms with Crippen molar-refractivity contribution in [1.29, 1.82) is 0 Å². The fourth-order valence-electron chi connectivity index (χ4n) is 2.83. The van der Waals surface area contributed by atoms with Crippen LogP contribution in [-0.4, -0.2) is 16.5 Å². The number of aryl methyl sites for hydroxylation is 1. The summed E-state index contributed by atoms with van der Waals surface area (Å²) in [5.41, 5.74) is 7.04. The summed E-state index contributed by atoms with van der Waals surface area (Å²) in [6.07, 6.45) is 3.03. The maximum absolute atomic E-state index is 5.32. The van der Waals surface area contributed by atoms with Gasteiger partial charge in [-0.2, -0.15) is 0 Å². The van der Waals surface area contributed by atoms with E-state index in [-0.39, 0.29) is 0 Å². The standard InChI is InChI=1S/C16H13BrN2O/c1-9-5-15-18-16-12-7-11(20-2)4-3-10(12)6-14(16)19(15)8-13(9)17/h3-5,7-8H,6H2,1-2H3. The predicted octanol–water partition coefficient (Wildman–Crippen LogP) is 3.99. The molecule has 0 N–H and O–H groups in total. The van der Waals surface area contributed by atoms with Crippen molar-refractivity contribution in [3.8, 4) is 17.0 Å². The zero-order valence-corrected chi connectivity index (χ0v) is 12.9. The number of aromatic nitrogens is 2. The van der Waals surface area contributed by atoms with Gasteiger partial charge in [0.2, 0.25) is 0 Å². The van der Waals surface area contributed by atoms with Gasteiger partial charge in [-0.1, -0.05) is 6.07 Å². The van der Waals surface area contributed by atoms with Crippen molar-refractivity contribution in [2.75, 3.05) is 7.11 Å². The molecule has 0 bridgehead atoms. The van der Waals surface area contributed by atoms with Crippen LogP contribution in [0.25, 0.3) is 16.9 Å². The Kier molecular flexibility index (Phi) is 2.45. The molecule has 1 aliphatic rings. The Morgan fingerprint density at radius 1 is 1.30 bits per heavy atom. The molecule has 20 heavy (non-hydrogen) atoms. The van der Waals surface area contributed by atoms with Crippen molar-refractivity contribution in [1.82, 2.24) is 9.38 Å². The third-order valence-corrected chi connectivity index (χ3v) is 4.76. The number of pyridine rings is 1. The molecular formula is C16H13BrN2O. The van der Waals surface area contributed by atoms with Gasteiger partial charge in [-0.3, -0.25) is 0 Å². The van der Waals surface area contributed by atoms with E-state index >= 15 is 0 Å². The maximum Gasteiger partial charge on any atom is 0.138 e. The molecule has 0 aliphatic heterocycles. The van der Waals surface area contributed by atoms with Gasteiger partial charge >= 0.3 is 0 Å². The molecule has 1 aliphatic carbocycles. The molecule has 3 nitrogen and oxygen atoms in total. The van der Waals surface area contributed by atoms with Crippen LogP contribution in [0.15, 0.2) is 34.9 Å². The lowest BCUT2D eigenvalue weighted by molar-refractivity contribution is 0.415. The minimum absolute atomic E-state index is 0.881. The maximum atomic E-state index is 5.32. The van der Waals surface area contributed by atoms with E-state index in [1.807, 2.05) is 6.07 Å². The summed E-state index contributed by atoms with van der Waals surface area (Å²) in [6, 6.07) is 8.33. The Balaban J connectivity index is 2.00. The molecule has 0 radical (unpaired) electrons. The van der Waals surface area contributed by atoms with Crippen molar-refractivity contribution in [2.24, 2.45) is 0 Å². The number of benzene rings is 1. The minimum atomic E-state index is 0.881. The van der Waals surface area contributed by atoms with E-state index in [0.717, 1.165) is 28.0 Å². The summed E-state index contributed by atoms with van der Waals surface area (Å²) in [7, 11) is 1.70. The van der Waals surface area contributed by atoms with Crippen molar-refractivity contribution >= 4 is 21.6 Å². The lowest BCUT2D eigenvalue weighted by Crippen LogP contribution is -1.93. The monoisotopic (exact) mass is 328 g/mol. The van der Waals surface area contributed by atoms with E-state index < -0.39 is 0 Å². The molecule has 4 heteroatoms. The average Bonchev–Trinajstić information content (AvgIpc) is 2.95. The molecule has 2 heterocycles. The lowest BCUT2D eigenvalue weighted by Gasteiger charge is -2.04. The molecule has 0 amide bonds. The van der Waals surface area contributed by atoms with Crippen LogP contribution < -0.4 is 4.74 Å². The SMILES string of the molecule is COc1ccc2c(c1)-c1nc3cc(C)c(Br)cn3c1C2. The summed E-state index contributed by atoms with van der Waals surface area (Å²) >= 11 is 3.60. The second-order valence-corrected chi connectivity index (χ2v) is 5.99. The van der Waals surface area contributed by atoms with Crippen molar-refractivity contribution in [2.45, 2.75) is 13.3 Å². The summed E-state index contributed by atoms with van der Waals surface area (Å²) < 4.78 is 8.61. The number of imidazole rings is 1. The Hall–Kier alpha value is -1.81. The number of fused-ring (bicyclic) bond motifs is 5. The van der Waals surface area contributed by atoms with Crippen LogP contribution >= 0.6 is 15.9 Å². The molecule has 0 fully saturated rings. The average molecular weight is 329 g/mol. The van der Waals surface area contributed by atoms with Gasteiger partial charge in [0.1, 0.15) is 11.4 Å². The number of hydrogen-bond donors (Lipinski definition) is 0. The number of methoxy groups -OCH3 is 1. The second kappa shape index (κ2) is 4.09. The van der Waals surface area contributed by atoms with Gasteiger partial charge in [-0.05, 0) is 52.2 Å². The van der Waals surface area contributed by atoms with Crippen LogP contribution in [0.1, 0.15) is 16.8 Å². The number of halogens is 1. The summed E-state index contributed by atoms with van der Waals surface area (Å²) in [5, 5.41) is 0. The predicted molar refractivity (Wildman–Crippen MR) is 82.4 cm³/mol. The third-order valence-electron chi connectivity index (χ3n) is 3.93.